The number of aromatic nitrogens is 2. The van der Waals surface area contributed by atoms with E-state index in [1.807, 2.05) is 0 Å². The normalized spacial score (nSPS) is 21.2. The van der Waals surface area contributed by atoms with Crippen molar-refractivity contribution in [1.82, 2.24) is 9.97 Å². The highest BCUT2D eigenvalue weighted by atomic mass is 14.7. The van der Waals surface area contributed by atoms with Crippen LogP contribution in [0.5, 0.6) is 0 Å². The van der Waals surface area contributed by atoms with Crippen LogP contribution in [-0.4, -0.2) is 9.97 Å². The highest BCUT2D eigenvalue weighted by Crippen LogP contribution is 2.64. The first-order valence-electron chi connectivity index (χ1n) is 21.6. The lowest BCUT2D eigenvalue weighted by Gasteiger charge is -2.45. The summed E-state index contributed by atoms with van der Waals surface area (Å²) >= 11 is 0. The van der Waals surface area contributed by atoms with E-state index in [9.17, 15) is 0 Å². The number of nitrogens with zero attached hydrogens (tertiary/aromatic N) is 2. The van der Waals surface area contributed by atoms with Gasteiger partial charge < -0.3 is 0 Å². The fourth-order valence-electron chi connectivity index (χ4n) is 11.1. The van der Waals surface area contributed by atoms with Crippen LogP contribution in [0.2, 0.25) is 0 Å². The molecule has 0 bridgehead atoms. The first-order chi connectivity index (χ1) is 28.0. The van der Waals surface area contributed by atoms with E-state index in [0.717, 1.165) is 23.4 Å². The summed E-state index contributed by atoms with van der Waals surface area (Å²) < 4.78 is 0. The van der Waals surface area contributed by atoms with Crippen molar-refractivity contribution < 1.29 is 0 Å². The van der Waals surface area contributed by atoms with E-state index in [0.29, 0.717) is 0 Å². The molecule has 7 aromatic rings. The van der Waals surface area contributed by atoms with E-state index < -0.39 is 0 Å². The SMILES string of the molecule is CC(C)(C)c1ccc(-c2ccc3c(c2)C(C)(Cc2ccc(C(C)(C)C)cc2-c2nccc4c2C(C)(C)C2(C)c5ccccc5C=CC42)c2cc4ccccc4cc2-3)nc1. The van der Waals surface area contributed by atoms with Crippen LogP contribution in [0.25, 0.3) is 50.5 Å². The maximum atomic E-state index is 5.42. The smallest absolute Gasteiger partial charge is 0.0745 e. The van der Waals surface area contributed by atoms with Gasteiger partial charge in [0.15, 0.2) is 0 Å². The standard InChI is InChI=1S/C57H56N2/c1-53(2,3)40-22-19-39(44(32-40)52-51-43(27-28-58-52)47-25-21-35-15-13-14-18-46(35)57(47,10)55(51,7)8)33-56(9)48-31-38(50-26-23-41(34-59-50)54(4,5)6)20-24-42(48)45-29-36-16-11-12-17-37(36)30-49(45)56/h11-32,34,47H,33H2,1-10H3. The topological polar surface area (TPSA) is 25.8 Å². The minimum atomic E-state index is -0.316. The second-order valence-corrected chi connectivity index (χ2v) is 20.7. The van der Waals surface area contributed by atoms with Gasteiger partial charge in [0.05, 0.1) is 11.4 Å². The Morgan fingerprint density at radius 1 is 0.593 bits per heavy atom. The molecule has 59 heavy (non-hydrogen) atoms. The number of benzene rings is 5. The molecule has 10 rings (SSSR count). The van der Waals surface area contributed by atoms with Gasteiger partial charge in [0.1, 0.15) is 0 Å². The Morgan fingerprint density at radius 3 is 2.02 bits per heavy atom. The molecule has 0 saturated carbocycles. The lowest BCUT2D eigenvalue weighted by Crippen LogP contribution is -2.43. The monoisotopic (exact) mass is 768 g/mol. The van der Waals surface area contributed by atoms with Crippen LogP contribution in [0.1, 0.15) is 125 Å². The molecule has 0 saturated heterocycles. The molecular formula is C57H56N2. The fraction of sp³-hybridized carbons (Fsp3) is 0.298. The Morgan fingerprint density at radius 2 is 1.29 bits per heavy atom. The molecule has 294 valence electrons. The van der Waals surface area contributed by atoms with Crippen molar-refractivity contribution in [3.8, 4) is 33.6 Å². The maximum Gasteiger partial charge on any atom is 0.0745 e. The van der Waals surface area contributed by atoms with Crippen molar-refractivity contribution in [2.75, 3.05) is 0 Å². The van der Waals surface area contributed by atoms with Gasteiger partial charge in [-0.25, -0.2) is 0 Å². The molecule has 0 amide bonds. The van der Waals surface area contributed by atoms with E-state index in [4.69, 9.17) is 9.97 Å². The third-order valence-electron chi connectivity index (χ3n) is 14.9. The molecule has 0 N–H and O–H groups in total. The minimum absolute atomic E-state index is 0.0256. The molecule has 2 aromatic heterocycles. The molecule has 0 radical (unpaired) electrons. The molecule has 3 unspecified atom stereocenters. The largest absolute Gasteiger partial charge is 0.256 e. The van der Waals surface area contributed by atoms with Gasteiger partial charge in [-0.05, 0) is 126 Å². The Bertz CT molecular complexity index is 2880. The van der Waals surface area contributed by atoms with Crippen LogP contribution in [0.3, 0.4) is 0 Å². The number of hydrogen-bond acceptors (Lipinski definition) is 2. The van der Waals surface area contributed by atoms with Crippen molar-refractivity contribution in [2.45, 2.75) is 109 Å². The van der Waals surface area contributed by atoms with Gasteiger partial charge in [-0.2, -0.15) is 0 Å². The van der Waals surface area contributed by atoms with Crippen molar-refractivity contribution in [1.29, 1.82) is 0 Å². The van der Waals surface area contributed by atoms with Gasteiger partial charge in [0.25, 0.3) is 0 Å². The molecule has 3 atom stereocenters. The van der Waals surface area contributed by atoms with Gasteiger partial charge in [-0.1, -0.05) is 160 Å². The van der Waals surface area contributed by atoms with Crippen molar-refractivity contribution in [2.24, 2.45) is 0 Å². The second kappa shape index (κ2) is 12.7. The summed E-state index contributed by atoms with van der Waals surface area (Å²) in [4.78, 5) is 10.5. The summed E-state index contributed by atoms with van der Waals surface area (Å²) in [5, 5.41) is 2.55. The molecule has 2 nitrogen and oxygen atoms in total. The van der Waals surface area contributed by atoms with Gasteiger partial charge in [-0.3, -0.25) is 9.97 Å². The van der Waals surface area contributed by atoms with Crippen LogP contribution in [0, 0.1) is 0 Å². The van der Waals surface area contributed by atoms with E-state index in [2.05, 4.69) is 209 Å². The number of rotatable bonds is 4. The summed E-state index contributed by atoms with van der Waals surface area (Å²) in [5.41, 5.74) is 18.8. The van der Waals surface area contributed by atoms with E-state index in [-0.39, 0.29) is 33.0 Å². The first-order valence-corrected chi connectivity index (χ1v) is 21.6. The van der Waals surface area contributed by atoms with Crippen molar-refractivity contribution in [3.05, 3.63) is 184 Å². The molecule has 5 aromatic carbocycles. The first kappa shape index (κ1) is 37.7. The van der Waals surface area contributed by atoms with Crippen molar-refractivity contribution >= 4 is 16.8 Å². The summed E-state index contributed by atoms with van der Waals surface area (Å²) in [6.45, 7) is 23.7. The molecule has 3 aliphatic rings. The van der Waals surface area contributed by atoms with Gasteiger partial charge in [0.2, 0.25) is 0 Å². The van der Waals surface area contributed by atoms with Crippen molar-refractivity contribution in [3.63, 3.8) is 0 Å². The summed E-state index contributed by atoms with van der Waals surface area (Å²) in [6, 6.07) is 43.9. The molecule has 0 aliphatic heterocycles. The Kier molecular flexibility index (Phi) is 8.11. The van der Waals surface area contributed by atoms with Crippen LogP contribution in [-0.2, 0) is 33.5 Å². The van der Waals surface area contributed by atoms with E-state index >= 15 is 0 Å². The molecule has 2 heterocycles. The van der Waals surface area contributed by atoms with Crippen LogP contribution in [0.15, 0.2) is 134 Å². The van der Waals surface area contributed by atoms with E-state index in [1.54, 1.807) is 0 Å². The number of pyridine rings is 2. The van der Waals surface area contributed by atoms with Gasteiger partial charge in [-0.15, -0.1) is 0 Å². The van der Waals surface area contributed by atoms with Crippen LogP contribution >= 0.6 is 0 Å². The predicted molar refractivity (Wildman–Crippen MR) is 248 cm³/mol. The molecule has 0 fully saturated rings. The lowest BCUT2D eigenvalue weighted by molar-refractivity contribution is 0.282. The molecule has 2 heteroatoms. The Labute approximate surface area is 351 Å². The Hall–Kier alpha value is -5.60. The lowest BCUT2D eigenvalue weighted by atomic mass is 9.57. The van der Waals surface area contributed by atoms with Gasteiger partial charge >= 0.3 is 0 Å². The highest BCUT2D eigenvalue weighted by Gasteiger charge is 2.58. The number of hydrogen-bond donors (Lipinski definition) is 0. The average Bonchev–Trinajstić information content (AvgIpc) is 3.56. The maximum absolute atomic E-state index is 5.42. The number of fused-ring (bicyclic) bond motifs is 9. The predicted octanol–water partition coefficient (Wildman–Crippen LogP) is 14.4. The summed E-state index contributed by atoms with van der Waals surface area (Å²) in [6.07, 6.45) is 9.79. The fourth-order valence-corrected chi connectivity index (χ4v) is 11.1. The van der Waals surface area contributed by atoms with Crippen LogP contribution in [0.4, 0.5) is 0 Å². The third kappa shape index (κ3) is 5.51. The minimum Gasteiger partial charge on any atom is -0.256 e. The third-order valence-corrected chi connectivity index (χ3v) is 14.9. The van der Waals surface area contributed by atoms with E-state index in [1.165, 1.54) is 77.5 Å². The average molecular weight is 769 g/mol. The molecule has 3 aliphatic carbocycles. The highest BCUT2D eigenvalue weighted by molar-refractivity contribution is 5.94. The number of allylic oxidation sites excluding steroid dienone is 1. The zero-order chi connectivity index (χ0) is 41.3. The Balaban J connectivity index is 1.18. The summed E-state index contributed by atoms with van der Waals surface area (Å²) in [5.74, 6) is 0.266. The van der Waals surface area contributed by atoms with Crippen LogP contribution < -0.4 is 0 Å². The van der Waals surface area contributed by atoms with Gasteiger partial charge in [0, 0.05) is 45.7 Å². The zero-order valence-electron chi connectivity index (χ0n) is 36.5. The quantitative estimate of drug-likeness (QED) is 0.178. The molecule has 0 spiro atoms. The zero-order valence-corrected chi connectivity index (χ0v) is 36.5. The second-order valence-electron chi connectivity index (χ2n) is 20.7. The molecular weight excluding hydrogens is 713 g/mol. The summed E-state index contributed by atoms with van der Waals surface area (Å²) in [7, 11) is 0.